The fraction of sp³-hybridized carbons (Fsp3) is 0.545. The summed E-state index contributed by atoms with van der Waals surface area (Å²) in [6, 6.07) is -0.130. The van der Waals surface area contributed by atoms with E-state index in [0.717, 1.165) is 25.0 Å². The van der Waals surface area contributed by atoms with Gasteiger partial charge in [0.2, 0.25) is 0 Å². The lowest BCUT2D eigenvalue weighted by Gasteiger charge is -2.16. The van der Waals surface area contributed by atoms with Gasteiger partial charge in [-0.05, 0) is 19.4 Å². The van der Waals surface area contributed by atoms with Crippen LogP contribution in [0.5, 0.6) is 0 Å². The van der Waals surface area contributed by atoms with Crippen molar-refractivity contribution in [1.29, 1.82) is 0 Å². The topological polar surface area (TPSA) is 29.1 Å². The number of hydrogen-bond donors (Lipinski definition) is 1. The first-order valence-corrected chi connectivity index (χ1v) is 4.70. The second-order valence-electron chi connectivity index (χ2n) is 3.23. The molecule has 1 unspecified atom stereocenters. The Bertz CT molecular complexity index is 196. The van der Waals surface area contributed by atoms with Gasteiger partial charge in [-0.3, -0.25) is 4.79 Å². The maximum Gasteiger partial charge on any atom is 0.177 e. The molecular weight excluding hydrogens is 162 g/mol. The summed E-state index contributed by atoms with van der Waals surface area (Å²) >= 11 is 0. The van der Waals surface area contributed by atoms with Crippen molar-refractivity contribution >= 4 is 5.78 Å². The van der Waals surface area contributed by atoms with E-state index in [9.17, 15) is 4.79 Å². The summed E-state index contributed by atoms with van der Waals surface area (Å²) in [4.78, 5) is 11.3. The summed E-state index contributed by atoms with van der Waals surface area (Å²) in [5.41, 5.74) is 0.830. The van der Waals surface area contributed by atoms with Gasteiger partial charge in [0, 0.05) is 5.70 Å². The zero-order chi connectivity index (χ0) is 10.3. The van der Waals surface area contributed by atoms with Crippen LogP contribution in [0.25, 0.3) is 0 Å². The lowest BCUT2D eigenvalue weighted by atomic mass is 10.1. The van der Waals surface area contributed by atoms with Crippen molar-refractivity contribution in [2.75, 3.05) is 0 Å². The van der Waals surface area contributed by atoms with Crippen LogP contribution in [-0.4, -0.2) is 11.8 Å². The van der Waals surface area contributed by atoms with E-state index in [1.807, 2.05) is 6.92 Å². The Morgan fingerprint density at radius 3 is 2.62 bits per heavy atom. The van der Waals surface area contributed by atoms with Crippen LogP contribution in [0.2, 0.25) is 0 Å². The van der Waals surface area contributed by atoms with Crippen LogP contribution < -0.4 is 5.32 Å². The molecule has 0 saturated heterocycles. The number of nitrogens with one attached hydrogen (secondary N) is 1. The molecule has 0 saturated carbocycles. The highest BCUT2D eigenvalue weighted by molar-refractivity contribution is 5.93. The highest BCUT2D eigenvalue weighted by Gasteiger charge is 2.13. The van der Waals surface area contributed by atoms with Crippen LogP contribution in [-0.2, 0) is 4.79 Å². The third-order valence-electron chi connectivity index (χ3n) is 1.81. The minimum atomic E-state index is -0.130. The number of allylic oxidation sites excluding steroid dienone is 1. The standard InChI is InChI=1S/C11H19NO/c1-5-7-8-10(11(13)6-2)12-9(3)4/h6,10,12H,2-3,5,7-8H2,1,4H3. The molecule has 0 aromatic carbocycles. The fourth-order valence-electron chi connectivity index (χ4n) is 1.13. The zero-order valence-corrected chi connectivity index (χ0v) is 8.60. The summed E-state index contributed by atoms with van der Waals surface area (Å²) in [5.74, 6) is 0.0523. The maximum absolute atomic E-state index is 11.3. The molecule has 0 fully saturated rings. The number of carbonyl (C=O) groups excluding carboxylic acids is 1. The Balaban J connectivity index is 4.09. The van der Waals surface area contributed by atoms with Gasteiger partial charge in [-0.2, -0.15) is 0 Å². The van der Waals surface area contributed by atoms with Crippen molar-refractivity contribution < 1.29 is 4.79 Å². The van der Waals surface area contributed by atoms with E-state index in [-0.39, 0.29) is 11.8 Å². The summed E-state index contributed by atoms with van der Waals surface area (Å²) < 4.78 is 0. The van der Waals surface area contributed by atoms with E-state index in [4.69, 9.17) is 0 Å². The molecule has 1 N–H and O–H groups in total. The summed E-state index contributed by atoms with van der Waals surface area (Å²) in [6.45, 7) is 11.2. The molecule has 13 heavy (non-hydrogen) atoms. The number of rotatable bonds is 7. The van der Waals surface area contributed by atoms with Gasteiger partial charge < -0.3 is 5.32 Å². The Labute approximate surface area is 80.7 Å². The molecular formula is C11H19NO. The minimum Gasteiger partial charge on any atom is -0.379 e. The predicted octanol–water partition coefficient (Wildman–Crippen LogP) is 2.42. The average molecular weight is 181 g/mol. The Morgan fingerprint density at radius 2 is 2.23 bits per heavy atom. The SMILES string of the molecule is C=CC(=O)C(CCCC)NC(=C)C. The van der Waals surface area contributed by atoms with Crippen molar-refractivity contribution in [3.05, 3.63) is 24.9 Å². The highest BCUT2D eigenvalue weighted by atomic mass is 16.1. The van der Waals surface area contributed by atoms with Crippen LogP contribution in [0.4, 0.5) is 0 Å². The first kappa shape index (κ1) is 11.9. The predicted molar refractivity (Wildman–Crippen MR) is 56.5 cm³/mol. The molecule has 0 aliphatic heterocycles. The van der Waals surface area contributed by atoms with Crippen molar-refractivity contribution in [1.82, 2.24) is 5.32 Å². The van der Waals surface area contributed by atoms with Gasteiger partial charge in [0.1, 0.15) is 0 Å². The molecule has 1 atom stereocenters. The third-order valence-corrected chi connectivity index (χ3v) is 1.81. The monoisotopic (exact) mass is 181 g/mol. The molecule has 0 aliphatic carbocycles. The molecule has 0 bridgehead atoms. The molecule has 0 aliphatic rings. The highest BCUT2D eigenvalue weighted by Crippen LogP contribution is 2.03. The van der Waals surface area contributed by atoms with E-state index in [0.29, 0.717) is 0 Å². The van der Waals surface area contributed by atoms with Gasteiger partial charge in [-0.15, -0.1) is 0 Å². The molecule has 0 amide bonds. The van der Waals surface area contributed by atoms with Gasteiger partial charge in [0.25, 0.3) is 0 Å². The lowest BCUT2D eigenvalue weighted by Crippen LogP contribution is -2.34. The number of ketones is 1. The largest absolute Gasteiger partial charge is 0.379 e. The summed E-state index contributed by atoms with van der Waals surface area (Å²) in [6.07, 6.45) is 4.37. The van der Waals surface area contributed by atoms with Crippen molar-refractivity contribution in [3.63, 3.8) is 0 Å². The maximum atomic E-state index is 11.3. The van der Waals surface area contributed by atoms with Crippen LogP contribution in [0.15, 0.2) is 24.9 Å². The van der Waals surface area contributed by atoms with E-state index in [2.05, 4.69) is 25.4 Å². The smallest absolute Gasteiger partial charge is 0.177 e. The molecule has 0 aromatic rings. The minimum absolute atomic E-state index is 0.0523. The van der Waals surface area contributed by atoms with Crippen LogP contribution in [0, 0.1) is 0 Å². The molecule has 2 nitrogen and oxygen atoms in total. The Kier molecular flexibility index (Phi) is 5.94. The zero-order valence-electron chi connectivity index (χ0n) is 8.60. The molecule has 0 rings (SSSR count). The average Bonchev–Trinajstić information content (AvgIpc) is 2.10. The second kappa shape index (κ2) is 6.46. The van der Waals surface area contributed by atoms with Gasteiger partial charge in [0.05, 0.1) is 6.04 Å². The van der Waals surface area contributed by atoms with Crippen LogP contribution in [0.1, 0.15) is 33.1 Å². The Morgan fingerprint density at radius 1 is 1.62 bits per heavy atom. The van der Waals surface area contributed by atoms with Crippen molar-refractivity contribution in [3.8, 4) is 0 Å². The normalized spacial score (nSPS) is 11.8. The molecule has 0 heterocycles. The fourth-order valence-corrected chi connectivity index (χ4v) is 1.13. The molecule has 0 aromatic heterocycles. The van der Waals surface area contributed by atoms with Gasteiger partial charge >= 0.3 is 0 Å². The van der Waals surface area contributed by atoms with Crippen LogP contribution >= 0.6 is 0 Å². The Hall–Kier alpha value is -1.05. The lowest BCUT2D eigenvalue weighted by molar-refractivity contribution is -0.116. The summed E-state index contributed by atoms with van der Waals surface area (Å²) in [7, 11) is 0. The second-order valence-corrected chi connectivity index (χ2v) is 3.23. The molecule has 0 spiro atoms. The number of carbonyl (C=O) groups is 1. The van der Waals surface area contributed by atoms with Gasteiger partial charge in [0.15, 0.2) is 5.78 Å². The van der Waals surface area contributed by atoms with Gasteiger partial charge in [-0.25, -0.2) is 0 Å². The van der Waals surface area contributed by atoms with E-state index in [1.165, 1.54) is 6.08 Å². The summed E-state index contributed by atoms with van der Waals surface area (Å²) in [5, 5.41) is 3.05. The number of unbranched alkanes of at least 4 members (excludes halogenated alkanes) is 1. The first-order valence-electron chi connectivity index (χ1n) is 4.70. The van der Waals surface area contributed by atoms with E-state index >= 15 is 0 Å². The van der Waals surface area contributed by atoms with Crippen molar-refractivity contribution in [2.24, 2.45) is 0 Å². The van der Waals surface area contributed by atoms with Crippen molar-refractivity contribution in [2.45, 2.75) is 39.2 Å². The van der Waals surface area contributed by atoms with E-state index < -0.39 is 0 Å². The van der Waals surface area contributed by atoms with Crippen LogP contribution in [0.3, 0.4) is 0 Å². The molecule has 2 heteroatoms. The first-order chi connectivity index (χ1) is 6.11. The third kappa shape index (κ3) is 5.23. The molecule has 74 valence electrons. The van der Waals surface area contributed by atoms with Gasteiger partial charge in [-0.1, -0.05) is 32.9 Å². The molecule has 0 radical (unpaired) electrons. The quantitative estimate of drug-likeness (QED) is 0.611. The van der Waals surface area contributed by atoms with E-state index in [1.54, 1.807) is 0 Å². The number of hydrogen-bond acceptors (Lipinski definition) is 2.